The topological polar surface area (TPSA) is 66.4 Å². The highest BCUT2D eigenvalue weighted by Crippen LogP contribution is 2.27. The van der Waals surface area contributed by atoms with E-state index in [1.54, 1.807) is 12.1 Å². The third kappa shape index (κ3) is 3.54. The van der Waals surface area contributed by atoms with Crippen LogP contribution in [0.1, 0.15) is 25.7 Å². The summed E-state index contributed by atoms with van der Waals surface area (Å²) in [4.78, 5) is 0. The average molecular weight is 354 g/mol. The molecule has 1 fully saturated rings. The number of rotatable bonds is 4. The molecule has 2 unspecified atom stereocenters. The van der Waals surface area contributed by atoms with E-state index in [4.69, 9.17) is 0 Å². The molecule has 1 aliphatic rings. The van der Waals surface area contributed by atoms with Crippen molar-refractivity contribution in [3.05, 3.63) is 15.9 Å². The van der Waals surface area contributed by atoms with Gasteiger partial charge in [0.25, 0.3) is 0 Å². The molecule has 1 aliphatic carbocycles. The van der Waals surface area contributed by atoms with Crippen molar-refractivity contribution in [2.24, 2.45) is 5.92 Å². The van der Waals surface area contributed by atoms with Crippen molar-refractivity contribution in [2.75, 3.05) is 6.54 Å². The maximum absolute atomic E-state index is 12.0. The Kier molecular flexibility index (Phi) is 4.82. The first-order valence-electron chi connectivity index (χ1n) is 5.92. The van der Waals surface area contributed by atoms with Crippen LogP contribution in [0.4, 0.5) is 0 Å². The Hall–Kier alpha value is 0.0500. The zero-order chi connectivity index (χ0) is 13.2. The summed E-state index contributed by atoms with van der Waals surface area (Å²) in [6, 6.07) is 3.29. The molecule has 1 aromatic rings. The van der Waals surface area contributed by atoms with Crippen molar-refractivity contribution < 1.29 is 13.5 Å². The predicted molar refractivity (Wildman–Crippen MR) is 75.2 cm³/mol. The summed E-state index contributed by atoms with van der Waals surface area (Å²) < 4.78 is 27.7. The number of sulfonamides is 1. The molecule has 2 atom stereocenters. The second kappa shape index (κ2) is 6.00. The van der Waals surface area contributed by atoms with Crippen LogP contribution < -0.4 is 4.72 Å². The first-order valence-corrected chi connectivity index (χ1v) is 9.01. The summed E-state index contributed by atoms with van der Waals surface area (Å²) in [5.74, 6) is 0.0388. The molecule has 1 heterocycles. The van der Waals surface area contributed by atoms with E-state index in [-0.39, 0.29) is 12.0 Å². The van der Waals surface area contributed by atoms with Gasteiger partial charge in [0, 0.05) is 6.54 Å². The Morgan fingerprint density at radius 1 is 1.39 bits per heavy atom. The molecule has 0 bridgehead atoms. The van der Waals surface area contributed by atoms with Crippen molar-refractivity contribution in [2.45, 2.75) is 36.0 Å². The Balaban J connectivity index is 1.96. The first kappa shape index (κ1) is 14.5. The predicted octanol–water partition coefficient (Wildman–Crippen LogP) is 2.34. The molecule has 1 aromatic heterocycles. The van der Waals surface area contributed by atoms with Gasteiger partial charge < -0.3 is 5.11 Å². The van der Waals surface area contributed by atoms with Crippen molar-refractivity contribution in [1.29, 1.82) is 0 Å². The summed E-state index contributed by atoms with van der Waals surface area (Å²) in [7, 11) is -3.43. The van der Waals surface area contributed by atoms with E-state index in [0.717, 1.165) is 29.5 Å². The monoisotopic (exact) mass is 353 g/mol. The minimum Gasteiger partial charge on any atom is -0.393 e. The lowest BCUT2D eigenvalue weighted by Crippen LogP contribution is -2.36. The highest BCUT2D eigenvalue weighted by Gasteiger charge is 2.25. The number of aliphatic hydroxyl groups excluding tert-OH is 1. The van der Waals surface area contributed by atoms with Gasteiger partial charge in [-0.3, -0.25) is 0 Å². The standard InChI is InChI=1S/C11H16BrNO3S2/c12-10-5-6-11(17-10)18(15,16)13-7-8-3-1-2-4-9(8)14/h5-6,8-9,13-14H,1-4,7H2. The summed E-state index contributed by atoms with van der Waals surface area (Å²) >= 11 is 4.43. The fourth-order valence-corrected chi connectivity index (χ4v) is 5.31. The van der Waals surface area contributed by atoms with Gasteiger partial charge >= 0.3 is 0 Å². The molecule has 2 N–H and O–H groups in total. The molecular weight excluding hydrogens is 338 g/mol. The van der Waals surface area contributed by atoms with E-state index < -0.39 is 10.0 Å². The largest absolute Gasteiger partial charge is 0.393 e. The van der Waals surface area contributed by atoms with Crippen molar-refractivity contribution in [3.63, 3.8) is 0 Å². The Morgan fingerprint density at radius 3 is 2.72 bits per heavy atom. The third-order valence-electron chi connectivity index (χ3n) is 3.22. The molecule has 0 aliphatic heterocycles. The maximum Gasteiger partial charge on any atom is 0.250 e. The molecule has 0 spiro atoms. The van der Waals surface area contributed by atoms with Crippen molar-refractivity contribution in [3.8, 4) is 0 Å². The van der Waals surface area contributed by atoms with E-state index >= 15 is 0 Å². The second-order valence-corrected chi connectivity index (χ2v) is 8.98. The van der Waals surface area contributed by atoms with Crippen molar-refractivity contribution in [1.82, 2.24) is 4.72 Å². The number of hydrogen-bond donors (Lipinski definition) is 2. The van der Waals surface area contributed by atoms with E-state index in [1.807, 2.05) is 0 Å². The average Bonchev–Trinajstić information content (AvgIpc) is 2.76. The van der Waals surface area contributed by atoms with E-state index in [2.05, 4.69) is 20.7 Å². The van der Waals surface area contributed by atoms with Crippen LogP contribution in [-0.2, 0) is 10.0 Å². The molecule has 0 saturated heterocycles. The lowest BCUT2D eigenvalue weighted by molar-refractivity contribution is 0.0724. The molecule has 0 amide bonds. The van der Waals surface area contributed by atoms with Gasteiger partial charge in [-0.25, -0.2) is 13.1 Å². The fourth-order valence-electron chi connectivity index (χ4n) is 2.16. The number of thiophene rings is 1. The summed E-state index contributed by atoms with van der Waals surface area (Å²) in [6.07, 6.45) is 3.38. The highest BCUT2D eigenvalue weighted by molar-refractivity contribution is 9.11. The van der Waals surface area contributed by atoms with E-state index in [1.165, 1.54) is 11.3 Å². The van der Waals surface area contributed by atoms with Crippen LogP contribution in [0, 0.1) is 5.92 Å². The van der Waals surface area contributed by atoms with Crippen LogP contribution in [0.2, 0.25) is 0 Å². The van der Waals surface area contributed by atoms with Gasteiger partial charge in [0.1, 0.15) is 4.21 Å². The molecule has 18 heavy (non-hydrogen) atoms. The van der Waals surface area contributed by atoms with Gasteiger partial charge in [-0.1, -0.05) is 12.8 Å². The van der Waals surface area contributed by atoms with Crippen LogP contribution in [0.5, 0.6) is 0 Å². The van der Waals surface area contributed by atoms with Gasteiger partial charge in [-0.15, -0.1) is 11.3 Å². The Bertz CT molecular complexity index is 500. The summed E-state index contributed by atoms with van der Waals surface area (Å²) in [5, 5.41) is 9.80. The molecule has 0 radical (unpaired) electrons. The third-order valence-corrected chi connectivity index (χ3v) is 6.76. The number of halogens is 1. The van der Waals surface area contributed by atoms with Gasteiger partial charge in [0.15, 0.2) is 0 Å². The molecular formula is C11H16BrNO3S2. The second-order valence-electron chi connectivity index (χ2n) is 4.52. The Morgan fingerprint density at radius 2 is 2.11 bits per heavy atom. The molecule has 1 saturated carbocycles. The summed E-state index contributed by atoms with van der Waals surface area (Å²) in [5.41, 5.74) is 0. The maximum atomic E-state index is 12.0. The van der Waals surface area contributed by atoms with Crippen LogP contribution in [0.3, 0.4) is 0 Å². The lowest BCUT2D eigenvalue weighted by Gasteiger charge is -2.27. The SMILES string of the molecule is O=S(=O)(NCC1CCCCC1O)c1ccc(Br)s1. The minimum atomic E-state index is -3.43. The smallest absolute Gasteiger partial charge is 0.250 e. The molecule has 4 nitrogen and oxygen atoms in total. The number of aliphatic hydroxyl groups is 1. The van der Waals surface area contributed by atoms with Gasteiger partial charge in [-0.05, 0) is 46.8 Å². The first-order chi connectivity index (χ1) is 8.49. The van der Waals surface area contributed by atoms with Gasteiger partial charge in [0.05, 0.1) is 9.89 Å². The molecule has 2 rings (SSSR count). The fraction of sp³-hybridized carbons (Fsp3) is 0.636. The zero-order valence-corrected chi connectivity index (χ0v) is 13.0. The van der Waals surface area contributed by atoms with Crippen molar-refractivity contribution >= 4 is 37.3 Å². The van der Waals surface area contributed by atoms with Gasteiger partial charge in [0.2, 0.25) is 10.0 Å². The number of hydrogen-bond acceptors (Lipinski definition) is 4. The quantitative estimate of drug-likeness (QED) is 0.872. The Labute approximate surface area is 120 Å². The highest BCUT2D eigenvalue weighted by atomic mass is 79.9. The van der Waals surface area contributed by atoms with Crippen LogP contribution in [0.25, 0.3) is 0 Å². The molecule has 7 heteroatoms. The molecule has 102 valence electrons. The van der Waals surface area contributed by atoms with E-state index in [9.17, 15) is 13.5 Å². The minimum absolute atomic E-state index is 0.0388. The van der Waals surface area contributed by atoms with Crippen LogP contribution >= 0.6 is 27.3 Å². The van der Waals surface area contributed by atoms with Crippen LogP contribution in [0.15, 0.2) is 20.1 Å². The van der Waals surface area contributed by atoms with Crippen LogP contribution in [-0.4, -0.2) is 26.2 Å². The molecule has 0 aromatic carbocycles. The summed E-state index contributed by atoms with van der Waals surface area (Å²) in [6.45, 7) is 0.318. The lowest BCUT2D eigenvalue weighted by atomic mass is 9.87. The zero-order valence-electron chi connectivity index (χ0n) is 9.80. The van der Waals surface area contributed by atoms with E-state index in [0.29, 0.717) is 10.8 Å². The number of nitrogens with one attached hydrogen (secondary N) is 1. The van der Waals surface area contributed by atoms with Gasteiger partial charge in [-0.2, -0.15) is 0 Å². The normalized spacial score (nSPS) is 25.2.